The van der Waals surface area contributed by atoms with Gasteiger partial charge in [-0.25, -0.2) is 13.2 Å². The Morgan fingerprint density at radius 2 is 1.59 bits per heavy atom. The zero-order valence-corrected chi connectivity index (χ0v) is 18.8. The van der Waals surface area contributed by atoms with Gasteiger partial charge in [0.1, 0.15) is 5.75 Å². The summed E-state index contributed by atoms with van der Waals surface area (Å²) in [5.41, 5.74) is -0.412. The third-order valence-corrected chi connectivity index (χ3v) is 5.94. The molecular formula is C22H19N3O8S. The number of carbonyl (C=O) groups is 2. The van der Waals surface area contributed by atoms with Crippen LogP contribution in [0.5, 0.6) is 5.75 Å². The maximum Gasteiger partial charge on any atom is 0.338 e. The monoisotopic (exact) mass is 485 g/mol. The van der Waals surface area contributed by atoms with Crippen LogP contribution in [-0.2, 0) is 14.8 Å². The third kappa shape index (κ3) is 5.66. The van der Waals surface area contributed by atoms with Gasteiger partial charge >= 0.3 is 5.97 Å². The van der Waals surface area contributed by atoms with E-state index in [4.69, 9.17) is 4.74 Å². The van der Waals surface area contributed by atoms with Crippen LogP contribution < -0.4 is 14.8 Å². The van der Waals surface area contributed by atoms with Crippen LogP contribution in [0.3, 0.4) is 0 Å². The molecule has 0 aliphatic rings. The molecule has 0 fully saturated rings. The number of nitrogens with zero attached hydrogens (tertiary/aromatic N) is 1. The minimum absolute atomic E-state index is 0.119. The molecule has 0 radical (unpaired) electrons. The first kappa shape index (κ1) is 24.2. The number of rotatable bonds is 8. The Labute approximate surface area is 194 Å². The quantitative estimate of drug-likeness (QED) is 0.279. The Morgan fingerprint density at radius 3 is 2.21 bits per heavy atom. The summed E-state index contributed by atoms with van der Waals surface area (Å²) < 4.78 is 37.5. The number of amides is 1. The molecule has 2 N–H and O–H groups in total. The molecule has 0 spiro atoms. The molecule has 3 aromatic carbocycles. The summed E-state index contributed by atoms with van der Waals surface area (Å²) in [6.07, 6.45) is 0. The summed E-state index contributed by atoms with van der Waals surface area (Å²) in [5, 5.41) is 13.7. The Morgan fingerprint density at radius 1 is 0.912 bits per heavy atom. The number of anilines is 2. The molecule has 0 aliphatic heterocycles. The molecule has 0 heterocycles. The van der Waals surface area contributed by atoms with Gasteiger partial charge in [0.05, 0.1) is 29.6 Å². The van der Waals surface area contributed by atoms with Crippen molar-refractivity contribution in [3.8, 4) is 5.75 Å². The predicted molar refractivity (Wildman–Crippen MR) is 123 cm³/mol. The van der Waals surface area contributed by atoms with E-state index in [0.717, 1.165) is 25.3 Å². The fourth-order valence-electron chi connectivity index (χ4n) is 2.90. The number of esters is 1. The molecule has 12 heteroatoms. The molecule has 0 saturated carbocycles. The van der Waals surface area contributed by atoms with E-state index < -0.39 is 32.5 Å². The number of methoxy groups -OCH3 is 2. The molecule has 34 heavy (non-hydrogen) atoms. The maximum absolute atomic E-state index is 12.8. The van der Waals surface area contributed by atoms with Crippen LogP contribution in [0, 0.1) is 10.1 Å². The zero-order chi connectivity index (χ0) is 24.9. The summed E-state index contributed by atoms with van der Waals surface area (Å²) in [7, 11) is -1.39. The molecule has 0 aliphatic carbocycles. The highest BCUT2D eigenvalue weighted by atomic mass is 32.2. The van der Waals surface area contributed by atoms with Crippen molar-refractivity contribution in [2.24, 2.45) is 0 Å². The van der Waals surface area contributed by atoms with Gasteiger partial charge in [-0.05, 0) is 48.5 Å². The molecule has 176 valence electrons. The lowest BCUT2D eigenvalue weighted by atomic mass is 10.1. The Bertz CT molecular complexity index is 1350. The van der Waals surface area contributed by atoms with E-state index in [1.54, 1.807) is 12.1 Å². The average molecular weight is 485 g/mol. The number of nitro benzene ring substituents is 1. The van der Waals surface area contributed by atoms with Gasteiger partial charge in [-0.3, -0.25) is 19.6 Å². The van der Waals surface area contributed by atoms with Crippen LogP contribution in [0.25, 0.3) is 0 Å². The number of hydrogen-bond acceptors (Lipinski definition) is 8. The standard InChI is InChI=1S/C22H19N3O8S/c1-32-19-8-6-16(7-9-19)24-34(30,31)20-5-3-4-17(13-20)23-21(26)14-10-15(22(27)33-2)12-18(11-14)25(28)29/h3-13,24H,1-2H3,(H,23,26). The first-order valence-corrected chi connectivity index (χ1v) is 11.1. The van der Waals surface area contributed by atoms with Crippen molar-refractivity contribution in [3.05, 3.63) is 88.0 Å². The van der Waals surface area contributed by atoms with Crippen LogP contribution in [-0.4, -0.2) is 39.4 Å². The minimum Gasteiger partial charge on any atom is -0.497 e. The number of sulfonamides is 1. The molecule has 0 bridgehead atoms. The molecule has 1 amide bonds. The van der Waals surface area contributed by atoms with Crippen LogP contribution in [0.4, 0.5) is 17.1 Å². The van der Waals surface area contributed by atoms with E-state index in [2.05, 4.69) is 14.8 Å². The van der Waals surface area contributed by atoms with E-state index in [-0.39, 0.29) is 21.7 Å². The molecule has 3 rings (SSSR count). The lowest BCUT2D eigenvalue weighted by Gasteiger charge is -2.11. The molecule has 0 atom stereocenters. The molecule has 3 aromatic rings. The smallest absolute Gasteiger partial charge is 0.338 e. The molecule has 0 saturated heterocycles. The second-order valence-corrected chi connectivity index (χ2v) is 8.52. The molecule has 11 nitrogen and oxygen atoms in total. The number of benzene rings is 3. The number of hydrogen-bond donors (Lipinski definition) is 2. The van der Waals surface area contributed by atoms with Crippen molar-refractivity contribution in [2.45, 2.75) is 4.90 Å². The first-order chi connectivity index (χ1) is 16.1. The number of nitrogens with one attached hydrogen (secondary N) is 2. The fourth-order valence-corrected chi connectivity index (χ4v) is 4.00. The summed E-state index contributed by atoms with van der Waals surface area (Å²) >= 11 is 0. The third-order valence-electron chi connectivity index (χ3n) is 4.56. The first-order valence-electron chi connectivity index (χ1n) is 9.59. The van der Waals surface area contributed by atoms with Gasteiger partial charge in [0.25, 0.3) is 21.6 Å². The average Bonchev–Trinajstić information content (AvgIpc) is 2.83. The van der Waals surface area contributed by atoms with Crippen LogP contribution >= 0.6 is 0 Å². The number of non-ortho nitro benzene ring substituents is 1. The van der Waals surface area contributed by atoms with Crippen LogP contribution in [0.2, 0.25) is 0 Å². The predicted octanol–water partition coefficient (Wildman–Crippen LogP) is 3.44. The number of nitro groups is 1. The zero-order valence-electron chi connectivity index (χ0n) is 18.0. The van der Waals surface area contributed by atoms with Gasteiger partial charge < -0.3 is 14.8 Å². The minimum atomic E-state index is -3.99. The summed E-state index contributed by atoms with van der Waals surface area (Å²) in [6.45, 7) is 0. The van der Waals surface area contributed by atoms with Crippen molar-refractivity contribution in [1.82, 2.24) is 0 Å². The fraction of sp³-hybridized carbons (Fsp3) is 0.0909. The second-order valence-electron chi connectivity index (χ2n) is 6.83. The summed E-state index contributed by atoms with van der Waals surface area (Å²) in [5.74, 6) is -1.08. The van der Waals surface area contributed by atoms with E-state index in [1.807, 2.05) is 0 Å². The number of carbonyl (C=O) groups excluding carboxylic acids is 2. The van der Waals surface area contributed by atoms with Gasteiger partial charge in [-0.2, -0.15) is 0 Å². The van der Waals surface area contributed by atoms with Crippen molar-refractivity contribution in [1.29, 1.82) is 0 Å². The van der Waals surface area contributed by atoms with Crippen molar-refractivity contribution in [3.63, 3.8) is 0 Å². The van der Waals surface area contributed by atoms with Crippen LogP contribution in [0.1, 0.15) is 20.7 Å². The Balaban J connectivity index is 1.84. The lowest BCUT2D eigenvalue weighted by Crippen LogP contribution is -2.16. The van der Waals surface area contributed by atoms with Gasteiger partial charge in [0, 0.05) is 29.1 Å². The van der Waals surface area contributed by atoms with E-state index >= 15 is 0 Å². The van der Waals surface area contributed by atoms with Crippen LogP contribution in [0.15, 0.2) is 71.6 Å². The van der Waals surface area contributed by atoms with Crippen molar-refractivity contribution in [2.75, 3.05) is 24.3 Å². The van der Waals surface area contributed by atoms with Gasteiger partial charge in [-0.1, -0.05) is 6.07 Å². The summed E-state index contributed by atoms with van der Waals surface area (Å²) in [4.78, 5) is 34.8. The van der Waals surface area contributed by atoms with E-state index in [0.29, 0.717) is 11.4 Å². The van der Waals surface area contributed by atoms with Gasteiger partial charge in [0.15, 0.2) is 0 Å². The lowest BCUT2D eigenvalue weighted by molar-refractivity contribution is -0.384. The Kier molecular flexibility index (Phi) is 7.12. The highest BCUT2D eigenvalue weighted by Gasteiger charge is 2.20. The topological polar surface area (TPSA) is 154 Å². The van der Waals surface area contributed by atoms with E-state index in [9.17, 15) is 28.1 Å². The second kappa shape index (κ2) is 10.0. The van der Waals surface area contributed by atoms with Gasteiger partial charge in [-0.15, -0.1) is 0 Å². The molecular weight excluding hydrogens is 466 g/mol. The van der Waals surface area contributed by atoms with E-state index in [1.165, 1.54) is 43.5 Å². The molecule has 0 aromatic heterocycles. The highest BCUT2D eigenvalue weighted by molar-refractivity contribution is 7.92. The SMILES string of the molecule is COC(=O)c1cc(C(=O)Nc2cccc(S(=O)(=O)Nc3ccc(OC)cc3)c2)cc([N+](=O)[O-])c1. The normalized spacial score (nSPS) is 10.8. The Hall–Kier alpha value is -4.45. The molecule has 0 unspecified atom stereocenters. The highest BCUT2D eigenvalue weighted by Crippen LogP contribution is 2.23. The van der Waals surface area contributed by atoms with Crippen molar-refractivity contribution >= 4 is 39.0 Å². The van der Waals surface area contributed by atoms with Crippen molar-refractivity contribution < 1.29 is 32.4 Å². The largest absolute Gasteiger partial charge is 0.497 e. The maximum atomic E-state index is 12.8. The summed E-state index contributed by atoms with van der Waals surface area (Å²) in [6, 6.07) is 14.8. The van der Waals surface area contributed by atoms with Gasteiger partial charge in [0.2, 0.25) is 0 Å². The number of ether oxygens (including phenoxy) is 2.